The lowest BCUT2D eigenvalue weighted by atomic mass is 10.1. The molecule has 0 saturated heterocycles. The first-order chi connectivity index (χ1) is 10.1. The Bertz CT molecular complexity index is 672. The number of nitrogens with one attached hydrogen (secondary N) is 1. The molecule has 1 amide bonds. The maximum Gasteiger partial charge on any atom is 0.361 e. The SMILES string of the molecule is CCOC(=O)c1nnc2ccccc2c1NCCC(N)=O. The van der Waals surface area contributed by atoms with E-state index < -0.39 is 11.9 Å². The highest BCUT2D eigenvalue weighted by atomic mass is 16.5. The molecule has 0 saturated carbocycles. The van der Waals surface area contributed by atoms with E-state index in [0.717, 1.165) is 5.39 Å². The van der Waals surface area contributed by atoms with E-state index >= 15 is 0 Å². The third-order valence-electron chi connectivity index (χ3n) is 2.81. The molecular weight excluding hydrogens is 272 g/mol. The highest BCUT2D eigenvalue weighted by Crippen LogP contribution is 2.24. The fraction of sp³-hybridized carbons (Fsp3) is 0.286. The number of carbonyl (C=O) groups excluding carboxylic acids is 2. The number of fused-ring (bicyclic) bond motifs is 1. The van der Waals surface area contributed by atoms with Gasteiger partial charge in [-0.1, -0.05) is 18.2 Å². The van der Waals surface area contributed by atoms with Crippen molar-refractivity contribution in [3.63, 3.8) is 0 Å². The molecule has 0 radical (unpaired) electrons. The first-order valence-electron chi connectivity index (χ1n) is 6.58. The number of anilines is 1. The van der Waals surface area contributed by atoms with Crippen LogP contribution in [-0.2, 0) is 9.53 Å². The average Bonchev–Trinajstić information content (AvgIpc) is 2.47. The van der Waals surface area contributed by atoms with Gasteiger partial charge in [-0.3, -0.25) is 4.79 Å². The first-order valence-corrected chi connectivity index (χ1v) is 6.58. The Morgan fingerprint density at radius 3 is 2.76 bits per heavy atom. The second-order valence-electron chi connectivity index (χ2n) is 4.30. The van der Waals surface area contributed by atoms with Crippen molar-refractivity contribution in [3.05, 3.63) is 30.0 Å². The highest BCUT2D eigenvalue weighted by molar-refractivity contribution is 6.03. The molecule has 0 atom stereocenters. The zero-order chi connectivity index (χ0) is 15.2. The van der Waals surface area contributed by atoms with Crippen LogP contribution in [0.1, 0.15) is 23.8 Å². The van der Waals surface area contributed by atoms with Crippen LogP contribution in [0.2, 0.25) is 0 Å². The third kappa shape index (κ3) is 3.44. The van der Waals surface area contributed by atoms with Gasteiger partial charge < -0.3 is 15.8 Å². The molecule has 2 rings (SSSR count). The van der Waals surface area contributed by atoms with Crippen molar-refractivity contribution >= 4 is 28.5 Å². The molecule has 0 aliphatic rings. The molecule has 2 aromatic rings. The number of rotatable bonds is 6. The first kappa shape index (κ1) is 14.7. The number of nitrogens with zero attached hydrogens (tertiary/aromatic N) is 2. The van der Waals surface area contributed by atoms with Gasteiger partial charge in [-0.2, -0.15) is 0 Å². The molecule has 1 aromatic carbocycles. The lowest BCUT2D eigenvalue weighted by molar-refractivity contribution is -0.117. The number of hydrogen-bond donors (Lipinski definition) is 2. The van der Waals surface area contributed by atoms with E-state index in [0.29, 0.717) is 17.7 Å². The molecule has 3 N–H and O–H groups in total. The summed E-state index contributed by atoms with van der Waals surface area (Å²) in [7, 11) is 0. The molecular formula is C14H16N4O3. The summed E-state index contributed by atoms with van der Waals surface area (Å²) in [5.74, 6) is -0.983. The van der Waals surface area contributed by atoms with E-state index in [1.165, 1.54) is 0 Å². The van der Waals surface area contributed by atoms with E-state index in [2.05, 4.69) is 15.5 Å². The predicted octanol–water partition coefficient (Wildman–Crippen LogP) is 1.09. The Labute approximate surface area is 121 Å². The van der Waals surface area contributed by atoms with Gasteiger partial charge >= 0.3 is 5.97 Å². The van der Waals surface area contributed by atoms with Gasteiger partial charge in [0.05, 0.1) is 17.8 Å². The minimum absolute atomic E-state index is 0.0972. The molecule has 0 aliphatic heterocycles. The van der Waals surface area contributed by atoms with Crippen molar-refractivity contribution in [3.8, 4) is 0 Å². The van der Waals surface area contributed by atoms with E-state index in [-0.39, 0.29) is 18.7 Å². The fourth-order valence-corrected chi connectivity index (χ4v) is 1.89. The maximum atomic E-state index is 11.9. The van der Waals surface area contributed by atoms with E-state index in [9.17, 15) is 9.59 Å². The van der Waals surface area contributed by atoms with Crippen molar-refractivity contribution in [1.29, 1.82) is 0 Å². The molecule has 0 fully saturated rings. The van der Waals surface area contributed by atoms with Crippen molar-refractivity contribution in [1.82, 2.24) is 10.2 Å². The summed E-state index contributed by atoms with van der Waals surface area (Å²) in [6, 6.07) is 7.27. The molecule has 0 aliphatic carbocycles. The maximum absolute atomic E-state index is 11.9. The van der Waals surface area contributed by atoms with Crippen LogP contribution in [0.4, 0.5) is 5.69 Å². The highest BCUT2D eigenvalue weighted by Gasteiger charge is 2.18. The third-order valence-corrected chi connectivity index (χ3v) is 2.81. The van der Waals surface area contributed by atoms with E-state index in [1.807, 2.05) is 18.2 Å². The van der Waals surface area contributed by atoms with Gasteiger partial charge in [0.2, 0.25) is 5.91 Å². The minimum atomic E-state index is -0.558. The van der Waals surface area contributed by atoms with Crippen LogP contribution in [0.15, 0.2) is 24.3 Å². The lowest BCUT2D eigenvalue weighted by Gasteiger charge is -2.12. The largest absolute Gasteiger partial charge is 0.461 e. The molecule has 0 spiro atoms. The number of ether oxygens (including phenoxy) is 1. The van der Waals surface area contributed by atoms with Crippen LogP contribution >= 0.6 is 0 Å². The molecule has 21 heavy (non-hydrogen) atoms. The Kier molecular flexibility index (Phi) is 4.65. The molecule has 7 heteroatoms. The van der Waals surface area contributed by atoms with Crippen molar-refractivity contribution in [2.24, 2.45) is 5.73 Å². The topological polar surface area (TPSA) is 107 Å². The quantitative estimate of drug-likeness (QED) is 0.770. The van der Waals surface area contributed by atoms with Crippen LogP contribution in [0.3, 0.4) is 0 Å². The minimum Gasteiger partial charge on any atom is -0.461 e. The fourth-order valence-electron chi connectivity index (χ4n) is 1.89. The van der Waals surface area contributed by atoms with Gasteiger partial charge in [-0.25, -0.2) is 4.79 Å². The zero-order valence-corrected chi connectivity index (χ0v) is 11.6. The van der Waals surface area contributed by atoms with Crippen molar-refractivity contribution in [2.75, 3.05) is 18.5 Å². The van der Waals surface area contributed by atoms with Crippen molar-refractivity contribution in [2.45, 2.75) is 13.3 Å². The summed E-state index contributed by atoms with van der Waals surface area (Å²) in [6.07, 6.45) is 0.152. The number of primary amides is 1. The number of nitrogens with two attached hydrogens (primary N) is 1. The summed E-state index contributed by atoms with van der Waals surface area (Å²) in [4.78, 5) is 22.8. The van der Waals surface area contributed by atoms with Crippen LogP contribution in [0, 0.1) is 0 Å². The second kappa shape index (κ2) is 6.65. The summed E-state index contributed by atoms with van der Waals surface area (Å²) in [5.41, 5.74) is 6.36. The van der Waals surface area contributed by atoms with Crippen molar-refractivity contribution < 1.29 is 14.3 Å². The number of carbonyl (C=O) groups is 2. The molecule has 1 heterocycles. The molecule has 1 aromatic heterocycles. The monoisotopic (exact) mass is 288 g/mol. The summed E-state index contributed by atoms with van der Waals surface area (Å²) in [5, 5.41) is 11.7. The molecule has 0 unspecified atom stereocenters. The normalized spacial score (nSPS) is 10.3. The Hall–Kier alpha value is -2.70. The van der Waals surface area contributed by atoms with Gasteiger partial charge in [-0.15, -0.1) is 10.2 Å². The molecule has 7 nitrogen and oxygen atoms in total. The molecule has 0 bridgehead atoms. The predicted molar refractivity (Wildman–Crippen MR) is 77.8 cm³/mol. The number of aromatic nitrogens is 2. The number of esters is 1. The van der Waals surface area contributed by atoms with Gasteiger partial charge in [0.1, 0.15) is 0 Å². The summed E-state index contributed by atoms with van der Waals surface area (Å²) >= 11 is 0. The van der Waals surface area contributed by atoms with Gasteiger partial charge in [-0.05, 0) is 13.0 Å². The Morgan fingerprint density at radius 1 is 1.29 bits per heavy atom. The second-order valence-corrected chi connectivity index (χ2v) is 4.30. The smallest absolute Gasteiger partial charge is 0.361 e. The average molecular weight is 288 g/mol. The number of benzene rings is 1. The van der Waals surface area contributed by atoms with E-state index in [1.54, 1.807) is 13.0 Å². The van der Waals surface area contributed by atoms with Crippen LogP contribution < -0.4 is 11.1 Å². The Morgan fingerprint density at radius 2 is 2.05 bits per heavy atom. The van der Waals surface area contributed by atoms with Gasteiger partial charge in [0.15, 0.2) is 5.69 Å². The van der Waals surface area contributed by atoms with Gasteiger partial charge in [0, 0.05) is 18.4 Å². The van der Waals surface area contributed by atoms with Gasteiger partial charge in [0.25, 0.3) is 0 Å². The number of hydrogen-bond acceptors (Lipinski definition) is 6. The zero-order valence-electron chi connectivity index (χ0n) is 11.6. The molecule has 110 valence electrons. The summed E-state index contributed by atoms with van der Waals surface area (Å²) in [6.45, 7) is 2.26. The number of amides is 1. The standard InChI is InChI=1S/C14H16N4O3/c1-2-21-14(20)13-12(16-8-7-11(15)19)9-5-3-4-6-10(9)17-18-13/h3-6H,2,7-8H2,1H3,(H2,15,19)(H,16,17). The lowest BCUT2D eigenvalue weighted by Crippen LogP contribution is -2.18. The van der Waals surface area contributed by atoms with Crippen LogP contribution in [0.5, 0.6) is 0 Å². The summed E-state index contributed by atoms with van der Waals surface area (Å²) < 4.78 is 4.97. The van der Waals surface area contributed by atoms with Crippen LogP contribution in [-0.4, -0.2) is 35.2 Å². The van der Waals surface area contributed by atoms with Crippen LogP contribution in [0.25, 0.3) is 10.9 Å². The Balaban J connectivity index is 2.41. The van der Waals surface area contributed by atoms with E-state index in [4.69, 9.17) is 10.5 Å².